The van der Waals surface area contributed by atoms with Crippen LogP contribution in [0.15, 0.2) is 36.7 Å². The fourth-order valence-corrected chi connectivity index (χ4v) is 1.49. The number of aryl methyl sites for hydroxylation is 1. The third kappa shape index (κ3) is 1.96. The highest BCUT2D eigenvalue weighted by molar-refractivity contribution is 5.95. The minimum Gasteiger partial charge on any atom is -0.295 e. The number of ketones is 1. The summed E-state index contributed by atoms with van der Waals surface area (Å²) in [5, 5.41) is 4.10. The van der Waals surface area contributed by atoms with Crippen molar-refractivity contribution in [2.45, 2.75) is 6.92 Å². The maximum Gasteiger partial charge on any atom is 0.159 e. The third-order valence-corrected chi connectivity index (χ3v) is 2.31. The SMILES string of the molecule is CC(=O)c1cccc(-c2cnn(C)c2)c1. The van der Waals surface area contributed by atoms with E-state index < -0.39 is 0 Å². The highest BCUT2D eigenvalue weighted by Gasteiger charge is 2.03. The van der Waals surface area contributed by atoms with E-state index in [1.165, 1.54) is 0 Å². The fraction of sp³-hybridized carbons (Fsp3) is 0.167. The van der Waals surface area contributed by atoms with Crippen molar-refractivity contribution in [1.82, 2.24) is 9.78 Å². The molecule has 0 unspecified atom stereocenters. The van der Waals surface area contributed by atoms with Crippen molar-refractivity contribution < 1.29 is 4.79 Å². The highest BCUT2D eigenvalue weighted by atomic mass is 16.1. The Labute approximate surface area is 88.4 Å². The van der Waals surface area contributed by atoms with E-state index in [9.17, 15) is 4.79 Å². The first kappa shape index (κ1) is 9.65. The molecule has 0 saturated heterocycles. The van der Waals surface area contributed by atoms with Crippen LogP contribution in [0.25, 0.3) is 11.1 Å². The summed E-state index contributed by atoms with van der Waals surface area (Å²) < 4.78 is 1.75. The molecular weight excluding hydrogens is 188 g/mol. The number of benzene rings is 1. The largest absolute Gasteiger partial charge is 0.295 e. The summed E-state index contributed by atoms with van der Waals surface area (Å²) in [7, 11) is 1.87. The van der Waals surface area contributed by atoms with Crippen LogP contribution < -0.4 is 0 Å². The van der Waals surface area contributed by atoms with Gasteiger partial charge in [-0.1, -0.05) is 18.2 Å². The van der Waals surface area contributed by atoms with Crippen molar-refractivity contribution in [3.05, 3.63) is 42.2 Å². The second kappa shape index (κ2) is 3.69. The molecule has 3 heteroatoms. The lowest BCUT2D eigenvalue weighted by Crippen LogP contribution is -1.91. The van der Waals surface area contributed by atoms with Gasteiger partial charge in [0.25, 0.3) is 0 Å². The molecule has 15 heavy (non-hydrogen) atoms. The summed E-state index contributed by atoms with van der Waals surface area (Å²) in [5.41, 5.74) is 2.78. The molecule has 3 nitrogen and oxygen atoms in total. The van der Waals surface area contributed by atoms with Crippen LogP contribution in [0.2, 0.25) is 0 Å². The van der Waals surface area contributed by atoms with Crippen molar-refractivity contribution in [3.63, 3.8) is 0 Å². The van der Waals surface area contributed by atoms with Gasteiger partial charge in [-0.15, -0.1) is 0 Å². The molecule has 1 aromatic heterocycles. The van der Waals surface area contributed by atoms with Crippen LogP contribution in [0.5, 0.6) is 0 Å². The predicted molar refractivity (Wildman–Crippen MR) is 58.6 cm³/mol. The molecule has 0 bridgehead atoms. The van der Waals surface area contributed by atoms with Crippen molar-refractivity contribution in [2.24, 2.45) is 7.05 Å². The Hall–Kier alpha value is -1.90. The fourth-order valence-electron chi connectivity index (χ4n) is 1.49. The van der Waals surface area contributed by atoms with Crippen molar-refractivity contribution in [3.8, 4) is 11.1 Å². The lowest BCUT2D eigenvalue weighted by atomic mass is 10.0. The molecule has 0 aliphatic rings. The number of carbonyl (C=O) groups excluding carboxylic acids is 1. The average molecular weight is 200 g/mol. The topological polar surface area (TPSA) is 34.9 Å². The van der Waals surface area contributed by atoms with Gasteiger partial charge >= 0.3 is 0 Å². The van der Waals surface area contributed by atoms with E-state index in [0.717, 1.165) is 16.7 Å². The van der Waals surface area contributed by atoms with Gasteiger partial charge in [0.2, 0.25) is 0 Å². The van der Waals surface area contributed by atoms with E-state index in [0.29, 0.717) is 0 Å². The number of carbonyl (C=O) groups is 1. The van der Waals surface area contributed by atoms with Gasteiger partial charge in [-0.3, -0.25) is 9.48 Å². The smallest absolute Gasteiger partial charge is 0.159 e. The maximum absolute atomic E-state index is 11.2. The molecule has 1 aromatic carbocycles. The second-order valence-electron chi connectivity index (χ2n) is 3.54. The lowest BCUT2D eigenvalue weighted by molar-refractivity contribution is 0.101. The van der Waals surface area contributed by atoms with Gasteiger partial charge in [-0.2, -0.15) is 5.10 Å². The molecule has 76 valence electrons. The Bertz CT molecular complexity index is 500. The van der Waals surface area contributed by atoms with Gasteiger partial charge in [-0.05, 0) is 18.6 Å². The monoisotopic (exact) mass is 200 g/mol. The van der Waals surface area contributed by atoms with Gasteiger partial charge in [0.15, 0.2) is 5.78 Å². The zero-order chi connectivity index (χ0) is 10.8. The van der Waals surface area contributed by atoms with Crippen molar-refractivity contribution in [2.75, 3.05) is 0 Å². The number of aromatic nitrogens is 2. The van der Waals surface area contributed by atoms with E-state index in [1.807, 2.05) is 37.5 Å². The Balaban J connectivity index is 2.45. The molecule has 0 spiro atoms. The van der Waals surface area contributed by atoms with Crippen molar-refractivity contribution in [1.29, 1.82) is 0 Å². The summed E-state index contributed by atoms with van der Waals surface area (Å²) in [6, 6.07) is 7.57. The predicted octanol–water partition coefficient (Wildman–Crippen LogP) is 2.29. The van der Waals surface area contributed by atoms with Gasteiger partial charge in [-0.25, -0.2) is 0 Å². The number of rotatable bonds is 2. The Morgan fingerprint density at radius 2 is 2.13 bits per heavy atom. The summed E-state index contributed by atoms with van der Waals surface area (Å²) in [6.45, 7) is 1.57. The van der Waals surface area contributed by atoms with Crippen LogP contribution in [0.3, 0.4) is 0 Å². The number of hydrogen-bond donors (Lipinski definition) is 0. The van der Waals surface area contributed by atoms with Gasteiger partial charge < -0.3 is 0 Å². The van der Waals surface area contributed by atoms with Gasteiger partial charge in [0, 0.05) is 24.4 Å². The molecule has 0 aliphatic carbocycles. The van der Waals surface area contributed by atoms with Gasteiger partial charge in [0.05, 0.1) is 6.20 Å². The quantitative estimate of drug-likeness (QED) is 0.697. The van der Waals surface area contributed by atoms with Crippen LogP contribution in [-0.4, -0.2) is 15.6 Å². The molecule has 0 N–H and O–H groups in total. The summed E-state index contributed by atoms with van der Waals surface area (Å²) >= 11 is 0. The molecule has 1 heterocycles. The number of Topliss-reactive ketones (excluding diaryl/α,β-unsaturated/α-hetero) is 1. The van der Waals surface area contributed by atoms with Crippen LogP contribution in [0.1, 0.15) is 17.3 Å². The van der Waals surface area contributed by atoms with Crippen LogP contribution in [-0.2, 0) is 7.05 Å². The minimum atomic E-state index is 0.0840. The van der Waals surface area contributed by atoms with Crippen LogP contribution >= 0.6 is 0 Å². The van der Waals surface area contributed by atoms with E-state index in [1.54, 1.807) is 17.8 Å². The molecule has 0 atom stereocenters. The molecule has 0 amide bonds. The molecule has 0 radical (unpaired) electrons. The Morgan fingerprint density at radius 3 is 2.73 bits per heavy atom. The summed E-state index contributed by atoms with van der Waals surface area (Å²) in [4.78, 5) is 11.2. The zero-order valence-corrected chi connectivity index (χ0v) is 8.77. The Kier molecular flexibility index (Phi) is 2.37. The van der Waals surface area contributed by atoms with Crippen LogP contribution in [0.4, 0.5) is 0 Å². The van der Waals surface area contributed by atoms with E-state index in [4.69, 9.17) is 0 Å². The summed E-state index contributed by atoms with van der Waals surface area (Å²) in [5.74, 6) is 0.0840. The van der Waals surface area contributed by atoms with Gasteiger partial charge in [0.1, 0.15) is 0 Å². The lowest BCUT2D eigenvalue weighted by Gasteiger charge is -1.99. The minimum absolute atomic E-state index is 0.0840. The first-order valence-electron chi connectivity index (χ1n) is 4.77. The van der Waals surface area contributed by atoms with E-state index in [-0.39, 0.29) is 5.78 Å². The highest BCUT2D eigenvalue weighted by Crippen LogP contribution is 2.19. The maximum atomic E-state index is 11.2. The zero-order valence-electron chi connectivity index (χ0n) is 8.77. The first-order valence-corrected chi connectivity index (χ1v) is 4.77. The molecule has 2 rings (SSSR count). The molecule has 2 aromatic rings. The Morgan fingerprint density at radius 1 is 1.33 bits per heavy atom. The molecule has 0 fully saturated rings. The summed E-state index contributed by atoms with van der Waals surface area (Å²) in [6.07, 6.45) is 3.72. The van der Waals surface area contributed by atoms with E-state index in [2.05, 4.69) is 5.10 Å². The van der Waals surface area contributed by atoms with Crippen LogP contribution in [0, 0.1) is 0 Å². The standard InChI is InChI=1S/C12H12N2O/c1-9(15)10-4-3-5-11(6-10)12-7-13-14(2)8-12/h3-8H,1-2H3. The normalized spacial score (nSPS) is 10.3. The molecular formula is C12H12N2O. The second-order valence-corrected chi connectivity index (χ2v) is 3.54. The first-order chi connectivity index (χ1) is 7.16. The molecule has 0 saturated carbocycles. The molecule has 0 aliphatic heterocycles. The number of nitrogens with zero attached hydrogens (tertiary/aromatic N) is 2. The van der Waals surface area contributed by atoms with Crippen molar-refractivity contribution >= 4 is 5.78 Å². The average Bonchev–Trinajstić information content (AvgIpc) is 2.65. The third-order valence-electron chi connectivity index (χ3n) is 2.31. The van der Waals surface area contributed by atoms with E-state index >= 15 is 0 Å². The number of hydrogen-bond acceptors (Lipinski definition) is 2.